The lowest BCUT2D eigenvalue weighted by atomic mass is 9.81. The van der Waals surface area contributed by atoms with Crippen molar-refractivity contribution in [3.05, 3.63) is 0 Å². The fourth-order valence-electron chi connectivity index (χ4n) is 1.66. The van der Waals surface area contributed by atoms with E-state index >= 15 is 0 Å². The van der Waals surface area contributed by atoms with Crippen LogP contribution in [0, 0.1) is 17.2 Å². The lowest BCUT2D eigenvalue weighted by Crippen LogP contribution is -2.21. The van der Waals surface area contributed by atoms with Crippen molar-refractivity contribution < 1.29 is 4.79 Å². The summed E-state index contributed by atoms with van der Waals surface area (Å²) in [4.78, 5) is 11.0. The van der Waals surface area contributed by atoms with E-state index in [2.05, 4.69) is 6.92 Å². The molecule has 1 N–H and O–H groups in total. The average Bonchev–Trinajstić information content (AvgIpc) is 2.05. The molecule has 62 valence electrons. The molecule has 0 unspecified atom stereocenters. The van der Waals surface area contributed by atoms with Gasteiger partial charge in [0.25, 0.3) is 0 Å². The molecule has 0 bridgehead atoms. The van der Waals surface area contributed by atoms with Crippen molar-refractivity contribution in [2.75, 3.05) is 0 Å². The highest BCUT2D eigenvalue weighted by atomic mass is 16.1. The SMILES string of the molecule is CC1CCC(C(=O)C=N)CC1. The van der Waals surface area contributed by atoms with Crippen LogP contribution in [0.25, 0.3) is 0 Å². The zero-order valence-corrected chi connectivity index (χ0v) is 6.97. The Morgan fingerprint density at radius 3 is 2.36 bits per heavy atom. The van der Waals surface area contributed by atoms with Crippen molar-refractivity contribution in [3.8, 4) is 0 Å². The molecule has 1 aliphatic carbocycles. The summed E-state index contributed by atoms with van der Waals surface area (Å²) in [6.45, 7) is 2.23. The van der Waals surface area contributed by atoms with Crippen LogP contribution in [-0.2, 0) is 4.79 Å². The molecule has 0 atom stereocenters. The molecule has 11 heavy (non-hydrogen) atoms. The number of ketones is 1. The molecule has 2 heteroatoms. The van der Waals surface area contributed by atoms with E-state index in [1.807, 2.05) is 0 Å². The van der Waals surface area contributed by atoms with Crippen LogP contribution in [0.4, 0.5) is 0 Å². The number of rotatable bonds is 2. The van der Waals surface area contributed by atoms with Gasteiger partial charge in [0, 0.05) is 5.92 Å². The second-order valence-electron chi connectivity index (χ2n) is 3.50. The summed E-state index contributed by atoms with van der Waals surface area (Å²) in [7, 11) is 0. The Morgan fingerprint density at radius 1 is 1.36 bits per heavy atom. The van der Waals surface area contributed by atoms with E-state index in [4.69, 9.17) is 5.41 Å². The lowest BCUT2D eigenvalue weighted by molar-refractivity contribution is -0.117. The lowest BCUT2D eigenvalue weighted by Gasteiger charge is -2.23. The van der Waals surface area contributed by atoms with Gasteiger partial charge < -0.3 is 5.41 Å². The first-order valence-electron chi connectivity index (χ1n) is 4.28. The number of hydrogen-bond acceptors (Lipinski definition) is 2. The van der Waals surface area contributed by atoms with Crippen molar-refractivity contribution in [2.45, 2.75) is 32.6 Å². The maximum atomic E-state index is 11.0. The molecule has 0 saturated heterocycles. The van der Waals surface area contributed by atoms with Crippen molar-refractivity contribution in [1.82, 2.24) is 0 Å². The molecule has 0 heterocycles. The van der Waals surface area contributed by atoms with E-state index < -0.39 is 0 Å². The first kappa shape index (κ1) is 8.44. The summed E-state index contributed by atoms with van der Waals surface area (Å²) >= 11 is 0. The monoisotopic (exact) mass is 153 g/mol. The van der Waals surface area contributed by atoms with Crippen molar-refractivity contribution in [2.24, 2.45) is 11.8 Å². The molecule has 2 nitrogen and oxygen atoms in total. The number of carbonyl (C=O) groups is 1. The average molecular weight is 153 g/mol. The molecule has 1 saturated carbocycles. The second kappa shape index (κ2) is 3.65. The van der Waals surface area contributed by atoms with Gasteiger partial charge in [-0.3, -0.25) is 4.79 Å². The van der Waals surface area contributed by atoms with Crippen LogP contribution < -0.4 is 0 Å². The highest BCUT2D eigenvalue weighted by Crippen LogP contribution is 2.28. The van der Waals surface area contributed by atoms with E-state index in [9.17, 15) is 4.79 Å². The third-order valence-corrected chi connectivity index (χ3v) is 2.56. The number of carbonyl (C=O) groups excluding carboxylic acids is 1. The van der Waals surface area contributed by atoms with Crippen molar-refractivity contribution in [1.29, 1.82) is 5.41 Å². The molecule has 0 aromatic carbocycles. The van der Waals surface area contributed by atoms with Gasteiger partial charge in [0.2, 0.25) is 0 Å². The molecule has 0 aromatic heterocycles. The van der Waals surface area contributed by atoms with Gasteiger partial charge in [-0.1, -0.05) is 19.8 Å². The van der Waals surface area contributed by atoms with E-state index in [-0.39, 0.29) is 11.7 Å². The predicted octanol–water partition coefficient (Wildman–Crippen LogP) is 2.03. The smallest absolute Gasteiger partial charge is 0.176 e. The molecule has 0 spiro atoms. The number of hydrogen-bond donors (Lipinski definition) is 1. The quantitative estimate of drug-likeness (QED) is 0.606. The van der Waals surface area contributed by atoms with Crippen LogP contribution in [0.3, 0.4) is 0 Å². The Bertz CT molecular complexity index is 157. The first-order valence-corrected chi connectivity index (χ1v) is 4.28. The third-order valence-electron chi connectivity index (χ3n) is 2.56. The summed E-state index contributed by atoms with van der Waals surface area (Å²) < 4.78 is 0. The van der Waals surface area contributed by atoms with Crippen LogP contribution in [0.2, 0.25) is 0 Å². The van der Waals surface area contributed by atoms with Crippen LogP contribution in [0.15, 0.2) is 0 Å². The number of Topliss-reactive ketones (excluding diaryl/α,β-unsaturated/α-hetero) is 1. The van der Waals surface area contributed by atoms with Crippen LogP contribution in [0.5, 0.6) is 0 Å². The molecule has 1 aliphatic rings. The van der Waals surface area contributed by atoms with Gasteiger partial charge in [-0.25, -0.2) is 0 Å². The summed E-state index contributed by atoms with van der Waals surface area (Å²) in [5, 5.41) is 6.82. The predicted molar refractivity (Wildman–Crippen MR) is 44.9 cm³/mol. The molecule has 0 aromatic rings. The minimum atomic E-state index is 0.0249. The van der Waals surface area contributed by atoms with Gasteiger partial charge in [-0.15, -0.1) is 0 Å². The fourth-order valence-corrected chi connectivity index (χ4v) is 1.66. The van der Waals surface area contributed by atoms with Gasteiger partial charge in [0.05, 0.1) is 6.21 Å². The molecule has 0 radical (unpaired) electrons. The molecular weight excluding hydrogens is 138 g/mol. The molecule has 0 aliphatic heterocycles. The molecule has 1 rings (SSSR count). The minimum Gasteiger partial charge on any atom is -0.305 e. The van der Waals surface area contributed by atoms with E-state index in [0.717, 1.165) is 37.8 Å². The molecular formula is C9H15NO. The summed E-state index contributed by atoms with van der Waals surface area (Å²) in [5.41, 5.74) is 0. The molecule has 1 fully saturated rings. The Hall–Kier alpha value is -0.660. The zero-order chi connectivity index (χ0) is 8.27. The summed E-state index contributed by atoms with van der Waals surface area (Å²) in [6.07, 6.45) is 5.28. The third kappa shape index (κ3) is 2.14. The van der Waals surface area contributed by atoms with E-state index in [1.54, 1.807) is 0 Å². The van der Waals surface area contributed by atoms with Crippen LogP contribution in [-0.4, -0.2) is 12.0 Å². The Labute approximate surface area is 67.5 Å². The van der Waals surface area contributed by atoms with Crippen molar-refractivity contribution >= 4 is 12.0 Å². The zero-order valence-electron chi connectivity index (χ0n) is 6.97. The van der Waals surface area contributed by atoms with Gasteiger partial charge in [0.15, 0.2) is 5.78 Å². The first-order chi connectivity index (χ1) is 5.24. The Morgan fingerprint density at radius 2 is 1.91 bits per heavy atom. The Kier molecular flexibility index (Phi) is 2.80. The van der Waals surface area contributed by atoms with Gasteiger partial charge >= 0.3 is 0 Å². The summed E-state index contributed by atoms with van der Waals surface area (Å²) in [5.74, 6) is 0.977. The van der Waals surface area contributed by atoms with Gasteiger partial charge in [-0.2, -0.15) is 0 Å². The van der Waals surface area contributed by atoms with E-state index in [1.165, 1.54) is 0 Å². The Balaban J connectivity index is 2.38. The molecule has 0 amide bonds. The van der Waals surface area contributed by atoms with Crippen molar-refractivity contribution in [3.63, 3.8) is 0 Å². The van der Waals surface area contributed by atoms with Gasteiger partial charge in [-0.05, 0) is 18.8 Å². The number of nitrogens with one attached hydrogen (secondary N) is 1. The van der Waals surface area contributed by atoms with E-state index in [0.29, 0.717) is 0 Å². The topological polar surface area (TPSA) is 40.9 Å². The maximum absolute atomic E-state index is 11.0. The van der Waals surface area contributed by atoms with Crippen LogP contribution in [0.1, 0.15) is 32.6 Å². The van der Waals surface area contributed by atoms with Gasteiger partial charge in [0.1, 0.15) is 0 Å². The largest absolute Gasteiger partial charge is 0.305 e. The minimum absolute atomic E-state index is 0.0249. The highest BCUT2D eigenvalue weighted by Gasteiger charge is 2.22. The van der Waals surface area contributed by atoms with Crippen LogP contribution >= 0.6 is 0 Å². The second-order valence-corrected chi connectivity index (χ2v) is 3.50. The fraction of sp³-hybridized carbons (Fsp3) is 0.778. The normalized spacial score (nSPS) is 31.4. The standard InChI is InChI=1S/C9H15NO/c1-7-2-4-8(5-3-7)9(11)6-10/h6-8,10H,2-5H2,1H3. The summed E-state index contributed by atoms with van der Waals surface area (Å²) in [6, 6.07) is 0. The highest BCUT2D eigenvalue weighted by molar-refractivity contribution is 6.27. The maximum Gasteiger partial charge on any atom is 0.176 e.